The minimum absolute atomic E-state index is 0.0359. The van der Waals surface area contributed by atoms with Crippen molar-refractivity contribution in [2.75, 3.05) is 28.4 Å². The van der Waals surface area contributed by atoms with Crippen LogP contribution in [-0.4, -0.2) is 199 Å². The van der Waals surface area contributed by atoms with Crippen molar-refractivity contribution in [2.45, 2.75) is 280 Å². The van der Waals surface area contributed by atoms with E-state index in [1.54, 1.807) is 67.5 Å². The van der Waals surface area contributed by atoms with E-state index in [9.17, 15) is 30.0 Å². The molecule has 4 aliphatic carbocycles. The van der Waals surface area contributed by atoms with Crippen molar-refractivity contribution in [2.24, 2.45) is 22.7 Å². The largest absolute Gasteiger partial charge is 0.458 e. The van der Waals surface area contributed by atoms with Crippen LogP contribution in [0.25, 0.3) is 0 Å². The molecule has 21 heteroatoms. The molecule has 3 saturated carbocycles. The summed E-state index contributed by atoms with van der Waals surface area (Å²) in [7, 11) is 6.49. The number of aliphatic hydroxyl groups excluding tert-OH is 1. The van der Waals surface area contributed by atoms with E-state index in [4.69, 9.17) is 66.3 Å². The monoisotopic (exact) mass is 1190 g/mol. The predicted octanol–water partition coefficient (Wildman–Crippen LogP) is 6.57. The Morgan fingerprint density at radius 2 is 1.26 bits per heavy atom. The van der Waals surface area contributed by atoms with Crippen molar-refractivity contribution in [3.8, 4) is 0 Å². The molecule has 5 heterocycles. The number of esters is 2. The van der Waals surface area contributed by atoms with Crippen LogP contribution in [0.4, 0.5) is 0 Å². The number of hydrogen-bond donors (Lipinski definition) is 4. The van der Waals surface area contributed by atoms with Crippen molar-refractivity contribution in [1.82, 2.24) is 4.98 Å². The smallest absolute Gasteiger partial charge is 0.340 e. The molecule has 21 nitrogen and oxygen atoms in total. The molecule has 7 fully saturated rings. The van der Waals surface area contributed by atoms with Gasteiger partial charge in [-0.05, 0) is 116 Å². The topological polar surface area (TPSA) is 257 Å². The summed E-state index contributed by atoms with van der Waals surface area (Å²) < 4.78 is 88.1. The SMILES string of the molecule is CCC(C)/C(C)=C/C(=O)O[C@@H]1C[C@@H]2[C@@]3(C)CC[C@H](O[C@H]4C[C@H](OC)[C@H](O[C@H]5C[C@H](OC)[C@H](O[C@H]6C[C@H](OC)[C@H](O[C@H]7C[C@@H](OC)[C@@H](O)[C@H](C)O7)[C@@H](C)O6)[C@H](C)O5)[C@@H](C)O4)CC3=CC[C@@]2(O)[C@@]2(O)CC[C@@](O)([C@H](C)OC(=O)c3cccnc3)[C@@]12C. The minimum Gasteiger partial charge on any atom is -0.458 e. The van der Waals surface area contributed by atoms with Crippen LogP contribution >= 0.6 is 0 Å². The molecule has 84 heavy (non-hydrogen) atoms. The second kappa shape index (κ2) is 26.2. The van der Waals surface area contributed by atoms with Crippen molar-refractivity contribution in [1.29, 1.82) is 0 Å². The first-order chi connectivity index (χ1) is 39.8. The molecule has 0 radical (unpaired) electrons. The Labute approximate surface area is 495 Å². The van der Waals surface area contributed by atoms with Gasteiger partial charge in [0, 0.05) is 78.5 Å². The van der Waals surface area contributed by atoms with E-state index in [1.165, 1.54) is 12.3 Å². The lowest BCUT2D eigenvalue weighted by molar-refractivity contribution is -0.347. The molecule has 4 saturated heterocycles. The van der Waals surface area contributed by atoms with Crippen molar-refractivity contribution in [3.63, 3.8) is 0 Å². The van der Waals surface area contributed by atoms with Crippen LogP contribution < -0.4 is 0 Å². The van der Waals surface area contributed by atoms with Gasteiger partial charge in [0.1, 0.15) is 53.4 Å². The van der Waals surface area contributed by atoms with Crippen LogP contribution in [0.1, 0.15) is 157 Å². The molecule has 0 amide bonds. The van der Waals surface area contributed by atoms with Gasteiger partial charge in [0.15, 0.2) is 25.2 Å². The molecule has 0 aromatic carbocycles. The molecule has 8 aliphatic rings. The van der Waals surface area contributed by atoms with Crippen LogP contribution in [0.3, 0.4) is 0 Å². The molecule has 1 aromatic heterocycles. The van der Waals surface area contributed by atoms with Crippen LogP contribution in [0.2, 0.25) is 0 Å². The lowest BCUT2D eigenvalue weighted by Crippen LogP contribution is -2.78. The Morgan fingerprint density at radius 1 is 0.738 bits per heavy atom. The summed E-state index contributed by atoms with van der Waals surface area (Å²) in [5.74, 6) is -1.79. The summed E-state index contributed by atoms with van der Waals surface area (Å²) in [5, 5.41) is 50.3. The summed E-state index contributed by atoms with van der Waals surface area (Å²) in [4.78, 5) is 31.6. The van der Waals surface area contributed by atoms with Crippen molar-refractivity contribution < 1.29 is 96.3 Å². The quantitative estimate of drug-likeness (QED) is 0.0649. The number of nitrogens with zero attached hydrogens (tertiary/aromatic N) is 1. The Kier molecular flexibility index (Phi) is 20.4. The van der Waals surface area contributed by atoms with E-state index in [-0.39, 0.29) is 49.4 Å². The molecule has 1 aromatic rings. The minimum atomic E-state index is -1.99. The van der Waals surface area contributed by atoms with Gasteiger partial charge in [-0.15, -0.1) is 0 Å². The Balaban J connectivity index is 0.834. The first-order valence-corrected chi connectivity index (χ1v) is 30.7. The first kappa shape index (κ1) is 65.4. The standard InChI is InChI=1S/C63H97NO20/c1-15-33(2)34(3)25-49(65)81-48-31-47-59(9)20-19-42(26-41(59)18-21-62(47,69)63(70)23-22-61(68,60(48,63)10)39(8)79-58(67)40-17-16-24-64-32-40)80-50-28-44(72-12)55(36(5)76-50)83-52-30-46(74-14)57(38(7)78-52)84-53-29-45(73-13)56(37(6)77-53)82-51-27-43(71-11)54(66)35(4)75-51/h16-18,24-25,32-33,35-39,42-48,50-57,66,68-70H,15,19-23,26-31H2,1-14H3/b34-25+/t33?,35-,36+,37+,38-,39-,42-,43+,44-,45-,46-,47+,48+,50-,51-,52-,53-,54-,55+,56+,57+,59-,60+,61+,62-,63+/m0/s1. The highest BCUT2D eigenvalue weighted by atomic mass is 16.8. The fraction of sp³-hybridized carbons (Fsp3) is 0.825. The van der Waals surface area contributed by atoms with Crippen LogP contribution in [-0.2, 0) is 71.1 Å². The maximum absolute atomic E-state index is 14.0. The second-order valence-corrected chi connectivity index (χ2v) is 25.9. The predicted molar refractivity (Wildman–Crippen MR) is 302 cm³/mol. The fourth-order valence-electron chi connectivity index (χ4n) is 15.8. The van der Waals surface area contributed by atoms with Gasteiger partial charge >= 0.3 is 11.9 Å². The third kappa shape index (κ3) is 12.1. The maximum Gasteiger partial charge on any atom is 0.340 e. The first-order valence-electron chi connectivity index (χ1n) is 30.7. The van der Waals surface area contributed by atoms with E-state index >= 15 is 0 Å². The van der Waals surface area contributed by atoms with E-state index in [0.29, 0.717) is 44.9 Å². The fourth-order valence-corrected chi connectivity index (χ4v) is 15.8. The van der Waals surface area contributed by atoms with E-state index in [0.717, 1.165) is 17.6 Å². The molecular formula is C63H97NO20. The lowest BCUT2D eigenvalue weighted by atomic mass is 9.42. The lowest BCUT2D eigenvalue weighted by Gasteiger charge is -2.67. The number of rotatable bonds is 19. The molecular weight excluding hydrogens is 1090 g/mol. The number of ether oxygens (including phenoxy) is 14. The van der Waals surface area contributed by atoms with Crippen molar-refractivity contribution in [3.05, 3.63) is 53.4 Å². The van der Waals surface area contributed by atoms with Gasteiger partial charge in [-0.2, -0.15) is 0 Å². The molecule has 9 rings (SSSR count). The van der Waals surface area contributed by atoms with Crippen LogP contribution in [0, 0.1) is 22.7 Å². The average Bonchev–Trinajstić information content (AvgIpc) is 1.36. The molecule has 0 spiro atoms. The molecule has 4 N–H and O–H groups in total. The highest BCUT2D eigenvalue weighted by Gasteiger charge is 2.81. The molecule has 26 atom stereocenters. The van der Waals surface area contributed by atoms with Gasteiger partial charge < -0.3 is 86.7 Å². The van der Waals surface area contributed by atoms with E-state index in [2.05, 4.69) is 11.9 Å². The highest BCUT2D eigenvalue weighted by molar-refractivity contribution is 5.89. The number of methoxy groups -OCH3 is 4. The Bertz CT molecular complexity index is 2470. The highest BCUT2D eigenvalue weighted by Crippen LogP contribution is 2.71. The number of fused-ring (bicyclic) bond motifs is 5. The summed E-state index contributed by atoms with van der Waals surface area (Å²) in [6.45, 7) is 18.9. The molecule has 474 valence electrons. The molecule has 0 bridgehead atoms. The number of hydrogen-bond acceptors (Lipinski definition) is 21. The van der Waals surface area contributed by atoms with Crippen LogP contribution in [0.5, 0.6) is 0 Å². The third-order valence-electron chi connectivity index (χ3n) is 21.5. The van der Waals surface area contributed by atoms with Gasteiger partial charge in [0.05, 0.1) is 65.9 Å². The number of pyridine rings is 1. The number of carbonyl (C=O) groups is 2. The number of carbonyl (C=O) groups excluding carboxylic acids is 2. The number of aliphatic hydroxyl groups is 4. The summed E-state index contributed by atoms with van der Waals surface area (Å²) >= 11 is 0. The van der Waals surface area contributed by atoms with Gasteiger partial charge in [0.25, 0.3) is 0 Å². The van der Waals surface area contributed by atoms with Crippen molar-refractivity contribution >= 4 is 11.9 Å². The zero-order valence-electron chi connectivity index (χ0n) is 51.8. The Hall–Kier alpha value is -3.07. The van der Waals surface area contributed by atoms with Gasteiger partial charge in [-0.3, -0.25) is 4.98 Å². The molecule has 1 unspecified atom stereocenters. The Morgan fingerprint density at radius 3 is 1.77 bits per heavy atom. The third-order valence-corrected chi connectivity index (χ3v) is 21.5. The second-order valence-electron chi connectivity index (χ2n) is 25.9. The zero-order chi connectivity index (χ0) is 60.8. The van der Waals surface area contributed by atoms with Gasteiger partial charge in [-0.1, -0.05) is 44.9 Å². The average molecular weight is 1190 g/mol. The maximum atomic E-state index is 14.0. The normalized spacial score (nSPS) is 46.0. The zero-order valence-corrected chi connectivity index (χ0v) is 51.8. The van der Waals surface area contributed by atoms with Gasteiger partial charge in [0.2, 0.25) is 0 Å². The van der Waals surface area contributed by atoms with Gasteiger partial charge in [-0.25, -0.2) is 9.59 Å². The van der Waals surface area contributed by atoms with E-state index < -0.39 is 150 Å². The molecule has 4 aliphatic heterocycles. The number of allylic oxidation sites excluding steroid dienone is 1. The summed E-state index contributed by atoms with van der Waals surface area (Å²) in [6, 6.07) is 3.18. The van der Waals surface area contributed by atoms with Crippen LogP contribution in [0.15, 0.2) is 47.8 Å². The summed E-state index contributed by atoms with van der Waals surface area (Å²) in [6.07, 6.45) is -0.205. The number of aromatic nitrogens is 1. The summed E-state index contributed by atoms with van der Waals surface area (Å²) in [5.41, 5.74) is -5.94. The van der Waals surface area contributed by atoms with E-state index in [1.807, 2.05) is 47.6 Å².